The first-order chi connectivity index (χ1) is 11.6. The smallest absolute Gasteiger partial charge is 0.226 e. The van der Waals surface area contributed by atoms with Crippen LogP contribution >= 0.6 is 11.6 Å². The summed E-state index contributed by atoms with van der Waals surface area (Å²) in [6, 6.07) is 7.63. The summed E-state index contributed by atoms with van der Waals surface area (Å²) in [4.78, 5) is 19.4. The molecule has 3 aromatic rings. The van der Waals surface area contributed by atoms with E-state index in [-0.39, 0.29) is 11.8 Å². The predicted molar refractivity (Wildman–Crippen MR) is 91.2 cm³/mol. The molecule has 1 unspecified atom stereocenters. The molecule has 1 amide bonds. The van der Waals surface area contributed by atoms with E-state index in [1.807, 2.05) is 35.9 Å². The first-order valence-electron chi connectivity index (χ1n) is 7.71. The largest absolute Gasteiger partial charge is 0.348 e. The van der Waals surface area contributed by atoms with Crippen LogP contribution in [0.5, 0.6) is 0 Å². The summed E-state index contributed by atoms with van der Waals surface area (Å²) in [5, 5.41) is 8.31. The van der Waals surface area contributed by atoms with Gasteiger partial charge in [-0.3, -0.25) is 4.79 Å². The minimum Gasteiger partial charge on any atom is -0.348 e. The molecule has 0 spiro atoms. The van der Waals surface area contributed by atoms with E-state index in [2.05, 4.69) is 20.4 Å². The molecule has 1 aliphatic rings. The first-order valence-corrected chi connectivity index (χ1v) is 8.09. The van der Waals surface area contributed by atoms with E-state index in [1.54, 1.807) is 12.5 Å². The second kappa shape index (κ2) is 5.79. The lowest BCUT2D eigenvalue weighted by molar-refractivity contribution is -0.116. The van der Waals surface area contributed by atoms with Crippen molar-refractivity contribution < 1.29 is 4.79 Å². The number of carbonyl (C=O) groups is 1. The molecule has 2 N–H and O–H groups in total. The third-order valence-corrected chi connectivity index (χ3v) is 4.56. The van der Waals surface area contributed by atoms with Crippen LogP contribution in [-0.2, 0) is 11.3 Å². The molecule has 1 aliphatic heterocycles. The summed E-state index contributed by atoms with van der Waals surface area (Å²) >= 11 is 5.94. The van der Waals surface area contributed by atoms with Gasteiger partial charge >= 0.3 is 0 Å². The zero-order valence-electron chi connectivity index (χ0n) is 13.1. The number of H-pyrrole nitrogens is 1. The number of fused-ring (bicyclic) bond motifs is 1. The Morgan fingerprint density at radius 1 is 1.33 bits per heavy atom. The Balaban J connectivity index is 1.75. The molecular weight excluding hydrogens is 326 g/mol. The number of hydrogen-bond donors (Lipinski definition) is 2. The van der Waals surface area contributed by atoms with Crippen LogP contribution in [0.2, 0.25) is 5.02 Å². The molecule has 0 radical (unpaired) electrons. The van der Waals surface area contributed by atoms with Gasteiger partial charge < -0.3 is 10.3 Å². The van der Waals surface area contributed by atoms with Crippen molar-refractivity contribution in [1.29, 1.82) is 0 Å². The van der Waals surface area contributed by atoms with Gasteiger partial charge in [-0.25, -0.2) is 9.67 Å². The van der Waals surface area contributed by atoms with Crippen molar-refractivity contribution in [3.05, 3.63) is 64.3 Å². The lowest BCUT2D eigenvalue weighted by Gasteiger charge is -2.23. The zero-order chi connectivity index (χ0) is 16.7. The van der Waals surface area contributed by atoms with E-state index < -0.39 is 0 Å². The fraction of sp³-hybridized carbons (Fsp3) is 0.235. The van der Waals surface area contributed by atoms with Gasteiger partial charge in [-0.2, -0.15) is 5.10 Å². The van der Waals surface area contributed by atoms with Crippen LogP contribution in [-0.4, -0.2) is 25.7 Å². The maximum Gasteiger partial charge on any atom is 0.226 e. The predicted octanol–water partition coefficient (Wildman–Crippen LogP) is 3.09. The summed E-state index contributed by atoms with van der Waals surface area (Å²) in [7, 11) is 0. The standard InChI is InChI=1S/C17H16ClN5O/c1-10-16-13(14-7-19-9-20-14)6-15(24)21-17(16)23(22-10)8-11-2-4-12(18)5-3-11/h2-5,7,9,13H,6,8H2,1H3,(H,19,20)(H,21,24). The van der Waals surface area contributed by atoms with E-state index in [9.17, 15) is 4.79 Å². The van der Waals surface area contributed by atoms with Crippen molar-refractivity contribution in [2.45, 2.75) is 25.8 Å². The van der Waals surface area contributed by atoms with E-state index in [4.69, 9.17) is 11.6 Å². The maximum atomic E-state index is 12.2. The minimum absolute atomic E-state index is 0.0145. The molecule has 0 saturated carbocycles. The van der Waals surface area contributed by atoms with Crippen LogP contribution in [0.4, 0.5) is 5.82 Å². The van der Waals surface area contributed by atoms with Crippen molar-refractivity contribution in [3.63, 3.8) is 0 Å². The van der Waals surface area contributed by atoms with Gasteiger partial charge in [-0.1, -0.05) is 23.7 Å². The molecule has 24 heavy (non-hydrogen) atoms. The Morgan fingerprint density at radius 3 is 2.83 bits per heavy atom. The van der Waals surface area contributed by atoms with Gasteiger partial charge in [0.2, 0.25) is 5.91 Å². The molecule has 4 rings (SSSR count). The average molecular weight is 342 g/mol. The fourth-order valence-electron chi connectivity index (χ4n) is 3.21. The number of rotatable bonds is 3. The average Bonchev–Trinajstić information content (AvgIpc) is 3.18. The van der Waals surface area contributed by atoms with E-state index in [0.29, 0.717) is 18.0 Å². The minimum atomic E-state index is -0.0461. The highest BCUT2D eigenvalue weighted by molar-refractivity contribution is 6.30. The van der Waals surface area contributed by atoms with Crippen molar-refractivity contribution >= 4 is 23.3 Å². The van der Waals surface area contributed by atoms with E-state index >= 15 is 0 Å². The number of hydrogen-bond acceptors (Lipinski definition) is 3. The molecule has 0 bridgehead atoms. The van der Waals surface area contributed by atoms with E-state index in [0.717, 1.165) is 28.3 Å². The Hall–Kier alpha value is -2.60. The summed E-state index contributed by atoms with van der Waals surface area (Å²) in [6.45, 7) is 2.54. The van der Waals surface area contributed by atoms with Gasteiger partial charge in [-0.15, -0.1) is 0 Å². The monoisotopic (exact) mass is 341 g/mol. The molecule has 1 aromatic carbocycles. The summed E-state index contributed by atoms with van der Waals surface area (Å²) in [6.07, 6.45) is 3.79. The van der Waals surface area contributed by atoms with Crippen molar-refractivity contribution in [3.8, 4) is 0 Å². The molecule has 122 valence electrons. The highest BCUT2D eigenvalue weighted by Gasteiger charge is 2.32. The van der Waals surface area contributed by atoms with Crippen molar-refractivity contribution in [2.24, 2.45) is 0 Å². The third-order valence-electron chi connectivity index (χ3n) is 4.31. The van der Waals surface area contributed by atoms with Gasteiger partial charge in [0, 0.05) is 34.8 Å². The number of aromatic nitrogens is 4. The number of nitrogens with one attached hydrogen (secondary N) is 2. The topological polar surface area (TPSA) is 75.6 Å². The first kappa shape index (κ1) is 15.0. The second-order valence-corrected chi connectivity index (χ2v) is 6.38. The number of benzene rings is 1. The number of aromatic amines is 1. The quantitative estimate of drug-likeness (QED) is 0.768. The summed E-state index contributed by atoms with van der Waals surface area (Å²) in [5.41, 5.74) is 3.97. The van der Waals surface area contributed by atoms with Gasteiger partial charge in [0.05, 0.1) is 18.6 Å². The van der Waals surface area contributed by atoms with Crippen LogP contribution in [0.25, 0.3) is 0 Å². The highest BCUT2D eigenvalue weighted by Crippen LogP contribution is 2.38. The normalized spacial score (nSPS) is 16.8. The van der Waals surface area contributed by atoms with Crippen LogP contribution in [0.1, 0.15) is 34.9 Å². The van der Waals surface area contributed by atoms with Gasteiger partial charge in [0.15, 0.2) is 0 Å². The van der Waals surface area contributed by atoms with E-state index in [1.165, 1.54) is 0 Å². The number of carbonyl (C=O) groups excluding carboxylic acids is 1. The van der Waals surface area contributed by atoms with Gasteiger partial charge in [0.1, 0.15) is 5.82 Å². The Kier molecular flexibility index (Phi) is 3.61. The molecule has 0 fully saturated rings. The highest BCUT2D eigenvalue weighted by atomic mass is 35.5. The van der Waals surface area contributed by atoms with Gasteiger partial charge in [-0.05, 0) is 24.6 Å². The molecular formula is C17H16ClN5O. The lowest BCUT2D eigenvalue weighted by atomic mass is 9.89. The number of anilines is 1. The molecule has 2 aromatic heterocycles. The number of imidazole rings is 1. The molecule has 1 atom stereocenters. The van der Waals surface area contributed by atoms with Gasteiger partial charge in [0.25, 0.3) is 0 Å². The molecule has 6 nitrogen and oxygen atoms in total. The van der Waals surface area contributed by atoms with Crippen molar-refractivity contribution in [1.82, 2.24) is 19.7 Å². The zero-order valence-corrected chi connectivity index (χ0v) is 13.8. The molecule has 3 heterocycles. The summed E-state index contributed by atoms with van der Waals surface area (Å²) in [5.74, 6) is 0.702. The van der Waals surface area contributed by atoms with Crippen LogP contribution < -0.4 is 5.32 Å². The number of amides is 1. The Labute approximate surface area is 143 Å². The molecule has 0 saturated heterocycles. The number of halogens is 1. The van der Waals surface area contributed by atoms with Crippen LogP contribution in [0, 0.1) is 6.92 Å². The van der Waals surface area contributed by atoms with Crippen LogP contribution in [0.3, 0.4) is 0 Å². The Bertz CT molecular complexity index is 883. The second-order valence-electron chi connectivity index (χ2n) is 5.94. The molecule has 0 aliphatic carbocycles. The third kappa shape index (κ3) is 2.59. The Morgan fingerprint density at radius 2 is 2.12 bits per heavy atom. The fourth-order valence-corrected chi connectivity index (χ4v) is 3.34. The van der Waals surface area contributed by atoms with Crippen molar-refractivity contribution in [2.75, 3.05) is 5.32 Å². The lowest BCUT2D eigenvalue weighted by Crippen LogP contribution is -2.25. The summed E-state index contributed by atoms with van der Waals surface area (Å²) < 4.78 is 1.84. The SMILES string of the molecule is Cc1nn(Cc2ccc(Cl)cc2)c2c1C(c1cnc[nH]1)CC(=O)N2. The molecule has 7 heteroatoms. The number of nitrogens with zero attached hydrogens (tertiary/aromatic N) is 3. The van der Waals surface area contributed by atoms with Crippen LogP contribution in [0.15, 0.2) is 36.8 Å². The maximum absolute atomic E-state index is 12.2. The number of aryl methyl sites for hydroxylation is 1.